The Morgan fingerprint density at radius 1 is 1.00 bits per heavy atom. The second-order valence-corrected chi connectivity index (χ2v) is 4.68. The molecule has 0 unspecified atom stereocenters. The molecule has 2 aromatic rings. The lowest BCUT2D eigenvalue weighted by Gasteiger charge is -2.23. The van der Waals surface area contributed by atoms with E-state index in [1.807, 2.05) is 32.0 Å². The van der Waals surface area contributed by atoms with Crippen molar-refractivity contribution in [3.63, 3.8) is 0 Å². The Morgan fingerprint density at radius 2 is 1.58 bits per heavy atom. The van der Waals surface area contributed by atoms with Gasteiger partial charge in [0, 0.05) is 18.4 Å². The van der Waals surface area contributed by atoms with Crippen LogP contribution < -0.4 is 10.6 Å². The van der Waals surface area contributed by atoms with Gasteiger partial charge in [-0.1, -0.05) is 17.7 Å². The molecular weight excluding hydrogens is 246 g/mol. The van der Waals surface area contributed by atoms with Gasteiger partial charge in [-0.3, -0.25) is 0 Å². The van der Waals surface area contributed by atoms with Gasteiger partial charge >= 0.3 is 0 Å². The molecule has 0 saturated heterocycles. The lowest BCUT2D eigenvalue weighted by Crippen LogP contribution is -2.15. The summed E-state index contributed by atoms with van der Waals surface area (Å²) in [4.78, 5) is 1.50. The van der Waals surface area contributed by atoms with E-state index >= 15 is 0 Å². The highest BCUT2D eigenvalue weighted by atomic mass is 19.1. The highest BCUT2D eigenvalue weighted by Crippen LogP contribution is 2.32. The van der Waals surface area contributed by atoms with E-state index in [0.29, 0.717) is 0 Å². The summed E-state index contributed by atoms with van der Waals surface area (Å²) >= 11 is 0. The third-order valence-electron chi connectivity index (χ3n) is 3.09. The van der Waals surface area contributed by atoms with Crippen LogP contribution in [-0.4, -0.2) is 7.05 Å². The van der Waals surface area contributed by atoms with Gasteiger partial charge in [-0.2, -0.15) is 0 Å². The lowest BCUT2D eigenvalue weighted by molar-refractivity contribution is 0.585. The topological polar surface area (TPSA) is 29.3 Å². The molecule has 2 rings (SSSR count). The minimum Gasteiger partial charge on any atom is -0.399 e. The molecule has 4 heteroatoms. The van der Waals surface area contributed by atoms with Crippen LogP contribution in [0.25, 0.3) is 0 Å². The predicted molar refractivity (Wildman–Crippen MR) is 74.7 cm³/mol. The molecule has 0 spiro atoms. The molecule has 100 valence electrons. The van der Waals surface area contributed by atoms with Crippen LogP contribution in [-0.2, 0) is 0 Å². The van der Waals surface area contributed by atoms with Crippen LogP contribution in [0.3, 0.4) is 0 Å². The first-order valence-electron chi connectivity index (χ1n) is 5.95. The molecule has 0 aliphatic heterocycles. The molecule has 2 N–H and O–H groups in total. The normalized spacial score (nSPS) is 10.6. The summed E-state index contributed by atoms with van der Waals surface area (Å²) in [7, 11) is 1.63. The van der Waals surface area contributed by atoms with Gasteiger partial charge in [-0.05, 0) is 37.6 Å². The zero-order chi connectivity index (χ0) is 14.2. The first kappa shape index (κ1) is 13.3. The van der Waals surface area contributed by atoms with Crippen molar-refractivity contribution in [1.82, 2.24) is 0 Å². The molecule has 0 saturated carbocycles. The van der Waals surface area contributed by atoms with Gasteiger partial charge in [-0.25, -0.2) is 8.78 Å². The molecule has 19 heavy (non-hydrogen) atoms. The van der Waals surface area contributed by atoms with E-state index in [1.165, 1.54) is 4.90 Å². The van der Waals surface area contributed by atoms with Crippen LogP contribution in [0.5, 0.6) is 0 Å². The van der Waals surface area contributed by atoms with Gasteiger partial charge < -0.3 is 10.6 Å². The van der Waals surface area contributed by atoms with Crippen LogP contribution in [0.4, 0.5) is 25.8 Å². The van der Waals surface area contributed by atoms with Gasteiger partial charge in [0.15, 0.2) is 11.6 Å². The van der Waals surface area contributed by atoms with E-state index in [1.54, 1.807) is 7.05 Å². The Morgan fingerprint density at radius 3 is 2.11 bits per heavy atom. The smallest absolute Gasteiger partial charge is 0.151 e. The minimum atomic E-state index is -0.667. The van der Waals surface area contributed by atoms with Crippen molar-refractivity contribution >= 4 is 17.1 Å². The number of nitrogen functional groups attached to an aromatic ring is 1. The van der Waals surface area contributed by atoms with Gasteiger partial charge in [0.25, 0.3) is 0 Å². The van der Waals surface area contributed by atoms with Crippen molar-refractivity contribution in [2.45, 2.75) is 13.8 Å². The fourth-order valence-corrected chi connectivity index (χ4v) is 2.21. The third kappa shape index (κ3) is 2.52. The second-order valence-electron chi connectivity index (χ2n) is 4.68. The molecule has 0 aromatic heterocycles. The van der Waals surface area contributed by atoms with Crippen molar-refractivity contribution < 1.29 is 8.78 Å². The molecule has 2 nitrogen and oxygen atoms in total. The first-order valence-corrected chi connectivity index (χ1v) is 5.95. The predicted octanol–water partition coefficient (Wildman–Crippen LogP) is 3.93. The summed E-state index contributed by atoms with van der Waals surface area (Å²) in [5.41, 5.74) is 8.22. The maximum atomic E-state index is 13.9. The number of nitrogens with two attached hydrogens (primary N) is 1. The fraction of sp³-hybridized carbons (Fsp3) is 0.200. The Labute approximate surface area is 111 Å². The minimum absolute atomic E-state index is 0.0766. The first-order chi connectivity index (χ1) is 8.90. The summed E-state index contributed by atoms with van der Waals surface area (Å²) in [5, 5.41) is 0. The number of aryl methyl sites for hydroxylation is 2. The van der Waals surface area contributed by atoms with Gasteiger partial charge in [-0.15, -0.1) is 0 Å². The van der Waals surface area contributed by atoms with Crippen molar-refractivity contribution in [2.75, 3.05) is 17.7 Å². The monoisotopic (exact) mass is 262 g/mol. The number of rotatable bonds is 2. The van der Waals surface area contributed by atoms with Crippen molar-refractivity contribution in [2.24, 2.45) is 0 Å². The molecule has 0 fully saturated rings. The quantitative estimate of drug-likeness (QED) is 0.831. The van der Waals surface area contributed by atoms with Crippen LogP contribution >= 0.6 is 0 Å². The molecular formula is C15H16F2N2. The Kier molecular flexibility index (Phi) is 3.42. The molecule has 0 aliphatic rings. The SMILES string of the molecule is Cc1ccc(N(C)c2c(F)cc(N)cc2F)c(C)c1. The largest absolute Gasteiger partial charge is 0.399 e. The number of halogens is 2. The standard InChI is InChI=1S/C15H16F2N2/c1-9-4-5-14(10(2)6-9)19(3)15-12(16)7-11(18)8-13(15)17/h4-8H,18H2,1-3H3. The number of hydrogen-bond acceptors (Lipinski definition) is 2. The zero-order valence-electron chi connectivity index (χ0n) is 11.2. The third-order valence-corrected chi connectivity index (χ3v) is 3.09. The maximum Gasteiger partial charge on any atom is 0.151 e. The van der Waals surface area contributed by atoms with E-state index in [4.69, 9.17) is 5.73 Å². The molecule has 0 heterocycles. The summed E-state index contributed by atoms with van der Waals surface area (Å²) < 4.78 is 27.8. The molecule has 0 amide bonds. The van der Waals surface area contributed by atoms with Gasteiger partial charge in [0.1, 0.15) is 5.69 Å². The van der Waals surface area contributed by atoms with E-state index in [9.17, 15) is 8.78 Å². The summed E-state index contributed by atoms with van der Waals surface area (Å²) in [6.45, 7) is 3.88. The highest BCUT2D eigenvalue weighted by Gasteiger charge is 2.17. The van der Waals surface area contributed by atoms with E-state index in [0.717, 1.165) is 28.9 Å². The van der Waals surface area contributed by atoms with Crippen molar-refractivity contribution in [3.8, 4) is 0 Å². The Bertz CT molecular complexity index is 601. The Balaban J connectivity index is 2.53. The molecule has 2 aromatic carbocycles. The van der Waals surface area contributed by atoms with Crippen LogP contribution in [0.15, 0.2) is 30.3 Å². The van der Waals surface area contributed by atoms with Crippen molar-refractivity contribution in [3.05, 3.63) is 53.1 Å². The average molecular weight is 262 g/mol. The van der Waals surface area contributed by atoms with E-state index in [-0.39, 0.29) is 11.4 Å². The fourth-order valence-electron chi connectivity index (χ4n) is 2.21. The van der Waals surface area contributed by atoms with Gasteiger partial charge in [0.05, 0.1) is 0 Å². The molecule has 0 radical (unpaired) electrons. The highest BCUT2D eigenvalue weighted by molar-refractivity contribution is 5.68. The molecule has 0 aliphatic carbocycles. The maximum absolute atomic E-state index is 13.9. The van der Waals surface area contributed by atoms with Crippen LogP contribution in [0.1, 0.15) is 11.1 Å². The van der Waals surface area contributed by atoms with Gasteiger partial charge in [0.2, 0.25) is 0 Å². The average Bonchev–Trinajstić information content (AvgIpc) is 2.26. The summed E-state index contributed by atoms with van der Waals surface area (Å²) in [5.74, 6) is -1.33. The molecule has 0 bridgehead atoms. The number of nitrogens with zero attached hydrogens (tertiary/aromatic N) is 1. The number of hydrogen-bond donors (Lipinski definition) is 1. The lowest BCUT2D eigenvalue weighted by atomic mass is 10.1. The van der Waals surface area contributed by atoms with Crippen LogP contribution in [0.2, 0.25) is 0 Å². The number of benzene rings is 2. The Hall–Kier alpha value is -2.10. The molecule has 0 atom stereocenters. The van der Waals surface area contributed by atoms with E-state index in [2.05, 4.69) is 0 Å². The number of anilines is 3. The van der Waals surface area contributed by atoms with Crippen LogP contribution in [0, 0.1) is 25.5 Å². The summed E-state index contributed by atoms with van der Waals surface area (Å²) in [6, 6.07) is 7.97. The second kappa shape index (κ2) is 4.88. The zero-order valence-corrected chi connectivity index (χ0v) is 11.2. The summed E-state index contributed by atoms with van der Waals surface area (Å²) in [6.07, 6.45) is 0. The van der Waals surface area contributed by atoms with E-state index < -0.39 is 11.6 Å². The van der Waals surface area contributed by atoms with Crippen molar-refractivity contribution in [1.29, 1.82) is 0 Å².